The fraction of sp³-hybridized carbons (Fsp3) is 0.944. The van der Waals surface area contributed by atoms with Gasteiger partial charge in [-0.15, -0.1) is 17.3 Å². The van der Waals surface area contributed by atoms with Crippen LogP contribution in [0.2, 0.25) is 0 Å². The number of aliphatic hydroxyl groups is 8. The molecule has 0 aliphatic carbocycles. The smallest absolute Gasteiger partial charge is 0.726 e. The van der Waals surface area contributed by atoms with E-state index < -0.39 is 301 Å². The molecule has 2 radical (unpaired) electrons. The Morgan fingerprint density at radius 3 is 1.07 bits per heavy atom. The average molecular weight is 2460 g/mol. The number of aliphatic carboxylic acids is 2. The summed E-state index contributed by atoms with van der Waals surface area (Å²) in [5.41, 5.74) is 0. The normalized spacial score (nSPS) is 31.8. The summed E-state index contributed by atoms with van der Waals surface area (Å²) in [6.45, 7) is -5.01. The minimum Gasteiger partial charge on any atom is -0.726 e. The van der Waals surface area contributed by atoms with Gasteiger partial charge in [0.05, 0.1) is 44.5 Å². The zero-order valence-electron chi connectivity index (χ0n) is 69.5. The summed E-state index contributed by atoms with van der Waals surface area (Å²) in [5, 5.41) is 215. The maximum atomic E-state index is 13.0. The number of carboxylic acids is 2. The first-order chi connectivity index (χ1) is 55.8. The summed E-state index contributed by atoms with van der Waals surface area (Å²) in [4.78, 5) is 25.2. The van der Waals surface area contributed by atoms with E-state index in [1.807, 2.05) is 0 Å². The predicted octanol–water partition coefficient (Wildman–Crippen LogP) is -60.5. The van der Waals surface area contributed by atoms with Gasteiger partial charge in [0, 0.05) is 65.4 Å². The van der Waals surface area contributed by atoms with Crippen LogP contribution in [0.1, 0.15) is 0 Å². The number of aliphatic hydroxyl groups excluding tert-OH is 8. The number of carbonyl (C=O) groups is 2. The van der Waals surface area contributed by atoms with Crippen LogP contribution >= 0.6 is 98.2 Å². The summed E-state index contributed by atoms with van der Waals surface area (Å²) in [6.07, 6.45) is -59.8. The molecule has 6 heterocycles. The van der Waals surface area contributed by atoms with E-state index >= 15 is 0 Å². The second-order valence-electron chi connectivity index (χ2n) is 21.3. The van der Waals surface area contributed by atoms with E-state index in [1.165, 1.54) is 0 Å². The van der Waals surface area contributed by atoms with E-state index in [1.54, 1.807) is 0 Å². The molecule has 702 valence electrons. The van der Waals surface area contributed by atoms with Gasteiger partial charge in [0.15, 0.2) is 105 Å². The van der Waals surface area contributed by atoms with Crippen molar-refractivity contribution in [3.05, 3.63) is 0 Å². The Hall–Kier alpha value is 14.4. The Bertz CT molecular complexity index is 3420. The average Bonchev–Trinajstić information content (AvgIpc) is 0.755. The van der Waals surface area contributed by atoms with Crippen molar-refractivity contribution in [2.75, 3.05) is 26.4 Å². The number of ether oxygens (including phenoxy) is 10. The molecule has 0 bridgehead atoms. The molecule has 133 heavy (non-hydrogen) atoms. The topological polar surface area (TPSA) is 1010 Å². The van der Waals surface area contributed by atoms with Crippen LogP contribution in [0.4, 0.5) is 0 Å². The van der Waals surface area contributed by atoms with Gasteiger partial charge in [0.25, 0.3) is 0 Å². The number of carboxylic acid groups (broad SMARTS) is 2. The molecule has 0 aromatic carbocycles. The molecule has 0 aromatic rings. The maximum Gasteiger partial charge on any atom is 1.00 e. The Labute approximate surface area is 1120 Å². The fourth-order valence-electron chi connectivity index (χ4n) is 10.4. The quantitative estimate of drug-likeness (QED) is 0.00393. The Morgan fingerprint density at radius 2 is 0.654 bits per heavy atom. The van der Waals surface area contributed by atoms with Crippen molar-refractivity contribution in [2.24, 2.45) is 0 Å². The van der Waals surface area contributed by atoms with Crippen molar-refractivity contribution in [1.82, 2.24) is 18.9 Å². The van der Waals surface area contributed by atoms with Gasteiger partial charge in [-0.25, -0.2) is 57.4 Å². The molecule has 12 unspecified atom stereocenters. The van der Waals surface area contributed by atoms with Gasteiger partial charge in [-0.1, -0.05) is 0 Å². The molecular weight excluding hydrogens is 2410 g/mol. The molecule has 6 fully saturated rings. The molecule has 30 atom stereocenters. The first-order valence-electron chi connectivity index (χ1n) is 29.2. The number of carbonyl (C=O) groups excluding carboxylic acids is 1. The van der Waals surface area contributed by atoms with E-state index in [4.69, 9.17) is 64.1 Å². The van der Waals surface area contributed by atoms with Crippen molar-refractivity contribution in [1.29, 1.82) is 0 Å². The first kappa shape index (κ1) is 170. The minimum atomic E-state index is -6.26. The Morgan fingerprint density at radius 1 is 0.323 bits per heavy atom. The summed E-state index contributed by atoms with van der Waals surface area (Å²) in [5.74, 6) is -4.45. The van der Waals surface area contributed by atoms with Crippen molar-refractivity contribution >= 4 is 152 Å². The second kappa shape index (κ2) is 91.0. The molecule has 6 aliphatic heterocycles. The van der Waals surface area contributed by atoms with Gasteiger partial charge in [-0.2, -0.15) is 17.3 Å². The van der Waals surface area contributed by atoms with E-state index in [0.717, 1.165) is 0 Å². The second-order valence-corrected chi connectivity index (χ2v) is 29.4. The Balaban J connectivity index is -0.000000237. The molecule has 6 aliphatic rings. The van der Waals surface area contributed by atoms with Crippen molar-refractivity contribution in [2.45, 2.75) is 184 Å². The number of hydrogen-bond acceptors (Lipinski definition) is 77. The zero-order valence-corrected chi connectivity index (χ0v) is 111. The third kappa shape index (κ3) is 60.6. The van der Waals surface area contributed by atoms with E-state index in [0.29, 0.717) is 0 Å². The van der Waals surface area contributed by atoms with Crippen LogP contribution in [0, 0.1) is 0 Å². The SMILES string of the molecule is O=C(O)C1O[C@@H](O[C@@H]2C(CO)O[C@H](O)C(NSOO[O-])[C@H]2O)C(OS(=O)(=O)[O-])[C@@H](O)[C@@H]1O[C@H]1OC(CO)[C@@H](O)[C@H](O)C1NSOO[O-].O=C([O-])C1O[C@@H](O[C@@H]2C(COS(=O)(=O)[O-])O[C@H](O)C(NSOO[O-])[C@@H]2OSOO[O-])C(OS(=O)(=O)[O-])[C@H](OSOO[O-])[C@@H]1O[C@H]1OC(COS(=O)(=O)[O-])[C@@H](OSOO[O-])[C@H](OSOO[O-])C1NSOO[O-].[Na+].[Na+].[Na+].[Na+].[Na+].[Na+].[Na+].[Na+].[Na+].[Na+].[Na+].[Na+].[Na+].[Y].[Y]. The van der Waals surface area contributed by atoms with E-state index in [2.05, 4.69) is 111 Å². The first-order valence-corrected chi connectivity index (χ1v) is 40.2. The van der Waals surface area contributed by atoms with Crippen LogP contribution in [-0.2, 0) is 272 Å². The molecule has 6 rings (SSSR count). The standard InChI is InChI=1S/C18H32N2O42S9.C18H32N2O24S3.13Na.2Y/c21-15(22)13-11(44-17-6(20-64-58-52-25)10(48-67-61-55-28)8(46-65-59-53-26)4(42-17)2-40-70(33,34)35)12(49-68-62-56-29)14(50-71(36,37)38)18(45-13)43-7-3(1-39-69(30,31)32)41-16(23)5(19-63-57-51-24)9(7)47-66-60-54-27;21-1-3-7(23)8(24)6(20-46-44-42-31)17(36-3)38-12-10(26)13(40-47(32,33)34)18(39-14(12)15(27)28)37-11-4(2-22)35-16(29)5(9(11)25)19-45-43-41-30;;;;;;;;;;;;;;;/h3-14,16-20,23-29H,1-2H2,(H,21,22)(H,30,31,32)(H,33,34,35)(H,36,37,38);3-14,16-26,29-31H,1-2H2,(H,27,28)(H,32,33,34);;;;;;;;;;;;;;;/q;;13*+1;;/p-13/t3?,4?,5?,6?,7-,8-,9+,10-,11+,12-,13?,14?,16+,17-,18-;3?,4?,5?,6?,7-,8-,9-,10+,11-,12+,13?,14?,16+,17-,18-;;;;;;;;;;;;;;;/m11.............../s1. The number of hydrogen-bond donors (Lipinski definition) is 13. The maximum absolute atomic E-state index is 13.0. The van der Waals surface area contributed by atoms with Gasteiger partial charge < -0.3 is 163 Å². The third-order valence-electron chi connectivity index (χ3n) is 14.7. The third-order valence-corrected chi connectivity index (χ3v) is 20.1. The molecule has 0 amide bonds. The largest absolute Gasteiger partial charge is 1.00 e. The molecule has 97 heteroatoms. The molecule has 0 aromatic heterocycles. The van der Waals surface area contributed by atoms with E-state index in [9.17, 15) is 155 Å². The predicted molar refractivity (Wildman–Crippen MR) is 312 cm³/mol. The van der Waals surface area contributed by atoms with Gasteiger partial charge in [-0.3, -0.25) is 73.8 Å². The van der Waals surface area contributed by atoms with Crippen LogP contribution in [0.3, 0.4) is 0 Å². The van der Waals surface area contributed by atoms with Crippen LogP contribution in [0.15, 0.2) is 0 Å². The van der Waals surface area contributed by atoms with Gasteiger partial charge in [0.2, 0.25) is 41.6 Å². The molecule has 6 saturated heterocycles. The van der Waals surface area contributed by atoms with Crippen LogP contribution in [-0.4, -0.2) is 320 Å². The molecule has 0 saturated carbocycles. The van der Waals surface area contributed by atoms with Crippen molar-refractivity contribution < 1.29 is 760 Å². The molecule has 0 spiro atoms. The van der Waals surface area contributed by atoms with Crippen LogP contribution in [0.25, 0.3) is 0 Å². The van der Waals surface area contributed by atoms with E-state index in [-0.39, 0.29) is 511 Å². The molecule has 70 nitrogen and oxygen atoms in total. The van der Waals surface area contributed by atoms with Gasteiger partial charge in [0.1, 0.15) is 165 Å². The van der Waals surface area contributed by atoms with Crippen molar-refractivity contribution in [3.63, 3.8) is 0 Å². The van der Waals surface area contributed by atoms with Crippen LogP contribution in [0.5, 0.6) is 0 Å². The molecular formula is C36H51N4Na13O66S12Y2. The van der Waals surface area contributed by atoms with Gasteiger partial charge in [-0.05, 0) is 0 Å². The van der Waals surface area contributed by atoms with Crippen molar-refractivity contribution in [3.8, 4) is 0 Å². The summed E-state index contributed by atoms with van der Waals surface area (Å²) < 4.78 is 274. The number of rotatable bonds is 54. The molecule has 13 N–H and O–H groups in total. The Kier molecular flexibility index (Phi) is 116. The summed E-state index contributed by atoms with van der Waals surface area (Å²) in [6, 6.07) is -7.43. The minimum absolute atomic E-state index is 0. The summed E-state index contributed by atoms with van der Waals surface area (Å²) in [7, 11) is -23.5. The number of nitrogens with one attached hydrogen (secondary N) is 4. The van der Waals surface area contributed by atoms with Gasteiger partial charge >= 0.3 is 390 Å². The fourth-order valence-corrected chi connectivity index (χ4v) is 15.1. The monoisotopic (exact) mass is 2460 g/mol. The summed E-state index contributed by atoms with van der Waals surface area (Å²) >= 11 is -2.22. The van der Waals surface area contributed by atoms with Crippen LogP contribution < -0.4 is 450 Å². The zero-order chi connectivity index (χ0) is 87.8.